The highest BCUT2D eigenvalue weighted by Gasteiger charge is 2.22. The molecule has 2 aromatic carbocycles. The number of hydrogen-bond donors (Lipinski definition) is 1. The monoisotopic (exact) mass is 465 g/mol. The summed E-state index contributed by atoms with van der Waals surface area (Å²) in [6.07, 6.45) is 1.34. The molecule has 1 aromatic heterocycles. The maximum atomic E-state index is 14.9. The van der Waals surface area contributed by atoms with Gasteiger partial charge in [-0.15, -0.1) is 0 Å². The number of hydrogen-bond acceptors (Lipinski definition) is 6. The van der Waals surface area contributed by atoms with Gasteiger partial charge in [-0.05, 0) is 31.2 Å². The summed E-state index contributed by atoms with van der Waals surface area (Å²) in [6.45, 7) is 3.15. The highest BCUT2D eigenvalue weighted by molar-refractivity contribution is 7.52. The first kappa shape index (κ1) is 23.8. The van der Waals surface area contributed by atoms with Crippen molar-refractivity contribution in [1.82, 2.24) is 4.57 Å². The Balaban J connectivity index is 2.34. The molecule has 3 aromatic rings. The van der Waals surface area contributed by atoms with E-state index in [1.54, 1.807) is 25.1 Å². The minimum absolute atomic E-state index is 0.100. The molecule has 0 aliphatic carbocycles. The molecule has 0 aliphatic heterocycles. The van der Waals surface area contributed by atoms with Crippen LogP contribution in [0.15, 0.2) is 41.3 Å². The van der Waals surface area contributed by atoms with Crippen LogP contribution in [-0.4, -0.2) is 36.4 Å². The zero-order valence-corrected chi connectivity index (χ0v) is 19.1. The van der Waals surface area contributed by atoms with Gasteiger partial charge < -0.3 is 23.7 Å². The van der Waals surface area contributed by atoms with Crippen molar-refractivity contribution in [2.45, 2.75) is 20.6 Å². The second kappa shape index (κ2) is 9.73. The minimum Gasteiger partial charge on any atom is -0.497 e. The van der Waals surface area contributed by atoms with E-state index in [0.717, 1.165) is 6.07 Å². The lowest BCUT2D eigenvalue weighted by Crippen LogP contribution is -2.16. The molecule has 0 spiro atoms. The van der Waals surface area contributed by atoms with E-state index in [4.69, 9.17) is 18.7 Å². The molecule has 1 atom stereocenters. The van der Waals surface area contributed by atoms with Crippen LogP contribution >= 0.6 is 7.60 Å². The van der Waals surface area contributed by atoms with Crippen LogP contribution < -0.4 is 19.6 Å². The molecule has 0 bridgehead atoms. The predicted molar refractivity (Wildman–Crippen MR) is 119 cm³/mol. The van der Waals surface area contributed by atoms with E-state index in [1.807, 2.05) is 0 Å². The van der Waals surface area contributed by atoms with Gasteiger partial charge in [-0.3, -0.25) is 13.9 Å². The summed E-state index contributed by atoms with van der Waals surface area (Å²) in [4.78, 5) is 23.3. The molecule has 0 radical (unpaired) electrons. The summed E-state index contributed by atoms with van der Waals surface area (Å²) < 4.78 is 49.8. The SMILES string of the molecule is CCOc1ccc(F)c2c(=O)c(-c3ccc(OC)cc3OC)cn(COP(=O)(O)CC)c12. The van der Waals surface area contributed by atoms with Crippen molar-refractivity contribution in [2.75, 3.05) is 27.0 Å². The van der Waals surface area contributed by atoms with E-state index in [2.05, 4.69) is 0 Å². The Labute approximate surface area is 184 Å². The minimum atomic E-state index is -3.86. The van der Waals surface area contributed by atoms with Crippen molar-refractivity contribution in [3.05, 3.63) is 52.6 Å². The molecule has 0 amide bonds. The third-order valence-corrected chi connectivity index (χ3v) is 6.25. The van der Waals surface area contributed by atoms with Crippen LogP contribution in [0.3, 0.4) is 0 Å². The smallest absolute Gasteiger partial charge is 0.329 e. The van der Waals surface area contributed by atoms with E-state index in [-0.39, 0.29) is 35.0 Å². The number of ether oxygens (including phenoxy) is 3. The molecule has 3 rings (SSSR count). The van der Waals surface area contributed by atoms with E-state index < -0.39 is 25.6 Å². The molecule has 0 saturated carbocycles. The van der Waals surface area contributed by atoms with Gasteiger partial charge in [0, 0.05) is 29.6 Å². The summed E-state index contributed by atoms with van der Waals surface area (Å²) in [5, 5.41) is -0.223. The Hall–Kier alpha value is -2.87. The zero-order chi connectivity index (χ0) is 23.5. The van der Waals surface area contributed by atoms with E-state index in [1.165, 1.54) is 38.0 Å². The average molecular weight is 465 g/mol. The van der Waals surface area contributed by atoms with Crippen LogP contribution in [0.5, 0.6) is 17.2 Å². The van der Waals surface area contributed by atoms with Gasteiger partial charge >= 0.3 is 7.60 Å². The number of nitrogens with zero attached hydrogens (tertiary/aromatic N) is 1. The van der Waals surface area contributed by atoms with Crippen LogP contribution in [-0.2, 0) is 15.8 Å². The summed E-state index contributed by atoms with van der Waals surface area (Å²) >= 11 is 0. The molecule has 32 heavy (non-hydrogen) atoms. The van der Waals surface area contributed by atoms with Crippen LogP contribution in [0.4, 0.5) is 4.39 Å². The van der Waals surface area contributed by atoms with Gasteiger partial charge in [0.2, 0.25) is 0 Å². The average Bonchev–Trinajstić information content (AvgIpc) is 2.79. The molecule has 1 N–H and O–H groups in total. The number of rotatable bonds is 9. The second-order valence-electron chi connectivity index (χ2n) is 6.82. The number of benzene rings is 2. The van der Waals surface area contributed by atoms with E-state index in [0.29, 0.717) is 17.1 Å². The number of halogens is 1. The molecule has 10 heteroatoms. The molecular formula is C22H25FNO7P. The Kier molecular flexibility index (Phi) is 7.23. The van der Waals surface area contributed by atoms with Crippen LogP contribution in [0.25, 0.3) is 22.0 Å². The van der Waals surface area contributed by atoms with Gasteiger partial charge in [0.05, 0.1) is 31.7 Å². The maximum Gasteiger partial charge on any atom is 0.329 e. The number of fused-ring (bicyclic) bond motifs is 1. The number of pyridine rings is 1. The van der Waals surface area contributed by atoms with Gasteiger partial charge in [0.15, 0.2) is 5.43 Å². The maximum absolute atomic E-state index is 14.9. The first-order valence-electron chi connectivity index (χ1n) is 9.93. The Morgan fingerprint density at radius 2 is 1.81 bits per heavy atom. The van der Waals surface area contributed by atoms with Crippen molar-refractivity contribution in [1.29, 1.82) is 0 Å². The topological polar surface area (TPSA) is 96.2 Å². The van der Waals surface area contributed by atoms with Crippen LogP contribution in [0.2, 0.25) is 0 Å². The fourth-order valence-electron chi connectivity index (χ4n) is 3.29. The Morgan fingerprint density at radius 3 is 2.44 bits per heavy atom. The fourth-order valence-corrected chi connectivity index (χ4v) is 3.78. The lowest BCUT2D eigenvalue weighted by atomic mass is 10.0. The molecule has 8 nitrogen and oxygen atoms in total. The normalized spacial score (nSPS) is 13.1. The molecule has 1 unspecified atom stereocenters. The summed E-state index contributed by atoms with van der Waals surface area (Å²) in [5.74, 6) is 0.362. The quantitative estimate of drug-likeness (QED) is 0.468. The fraction of sp³-hybridized carbons (Fsp3) is 0.318. The summed E-state index contributed by atoms with van der Waals surface area (Å²) in [7, 11) is -0.916. The molecule has 1 heterocycles. The van der Waals surface area contributed by atoms with Crippen molar-refractivity contribution in [2.24, 2.45) is 0 Å². The van der Waals surface area contributed by atoms with Crippen LogP contribution in [0.1, 0.15) is 13.8 Å². The molecule has 0 saturated heterocycles. The van der Waals surface area contributed by atoms with Gasteiger partial charge in [0.25, 0.3) is 0 Å². The summed E-state index contributed by atoms with van der Waals surface area (Å²) in [6, 6.07) is 7.43. The van der Waals surface area contributed by atoms with Crippen molar-refractivity contribution in [3.63, 3.8) is 0 Å². The van der Waals surface area contributed by atoms with Crippen molar-refractivity contribution in [3.8, 4) is 28.4 Å². The van der Waals surface area contributed by atoms with Crippen molar-refractivity contribution >= 4 is 18.5 Å². The van der Waals surface area contributed by atoms with Crippen LogP contribution in [0, 0.1) is 5.82 Å². The van der Waals surface area contributed by atoms with E-state index in [9.17, 15) is 18.6 Å². The van der Waals surface area contributed by atoms with Gasteiger partial charge in [-0.1, -0.05) is 6.92 Å². The lowest BCUT2D eigenvalue weighted by Gasteiger charge is -2.19. The molecule has 0 fully saturated rings. The molecule has 0 aliphatic rings. The van der Waals surface area contributed by atoms with Gasteiger partial charge in [-0.2, -0.15) is 0 Å². The largest absolute Gasteiger partial charge is 0.497 e. The highest BCUT2D eigenvalue weighted by Crippen LogP contribution is 2.42. The third kappa shape index (κ3) is 4.65. The standard InChI is InChI=1S/C22H25FNO7P/c1-5-30-18-10-9-17(23)20-21(18)24(13-31-32(26,27)6-2)12-16(22(20)25)15-8-7-14(28-3)11-19(15)29-4/h7-12H,5-6,13H2,1-4H3,(H,26,27). The Morgan fingerprint density at radius 1 is 1.06 bits per heavy atom. The van der Waals surface area contributed by atoms with E-state index >= 15 is 0 Å². The second-order valence-corrected chi connectivity index (χ2v) is 8.99. The lowest BCUT2D eigenvalue weighted by molar-refractivity contribution is 0.204. The van der Waals surface area contributed by atoms with Crippen molar-refractivity contribution < 1.29 is 32.6 Å². The van der Waals surface area contributed by atoms with Gasteiger partial charge in [0.1, 0.15) is 29.8 Å². The first-order chi connectivity index (χ1) is 15.3. The molecular weight excluding hydrogens is 440 g/mol. The predicted octanol–water partition coefficient (Wildman–Crippen LogP) is 4.40. The molecule has 172 valence electrons. The third-order valence-electron chi connectivity index (χ3n) is 4.93. The zero-order valence-electron chi connectivity index (χ0n) is 18.3. The highest BCUT2D eigenvalue weighted by atomic mass is 31.2. The summed E-state index contributed by atoms with van der Waals surface area (Å²) in [5.41, 5.74) is 0.0703. The Bertz CT molecular complexity index is 1240. The van der Waals surface area contributed by atoms with Gasteiger partial charge in [-0.25, -0.2) is 4.39 Å². The first-order valence-corrected chi connectivity index (χ1v) is 11.7. The number of aromatic nitrogens is 1. The number of methoxy groups -OCH3 is 2.